The van der Waals surface area contributed by atoms with Gasteiger partial charge in [-0.1, -0.05) is 24.2 Å². The summed E-state index contributed by atoms with van der Waals surface area (Å²) in [7, 11) is 1.44. The van der Waals surface area contributed by atoms with E-state index < -0.39 is 17.4 Å². The summed E-state index contributed by atoms with van der Waals surface area (Å²) in [4.78, 5) is 32.4. The van der Waals surface area contributed by atoms with Crippen LogP contribution in [0, 0.1) is 11.6 Å². The van der Waals surface area contributed by atoms with Crippen LogP contribution in [0.5, 0.6) is 17.8 Å². The summed E-state index contributed by atoms with van der Waals surface area (Å²) in [6, 6.07) is 5.08. The standard InChI is InChI=1S/C27H23ClF2N6O4/c1-3-20(38)35-7-9-36(10-8-35)25-16-11-17(28)21(22-18(29)5-4-6-19(22)37)23(30)24(16)33-27(34-25)40-14-15-12-31-26(39-2)32-13-15/h3-6,11-13,37H,1,7-10,14H2,2H3. The molecular weight excluding hydrogens is 546 g/mol. The van der Waals surface area contributed by atoms with Crippen molar-refractivity contribution in [3.63, 3.8) is 0 Å². The fourth-order valence-corrected chi connectivity index (χ4v) is 4.68. The number of hydrogen-bond acceptors (Lipinski definition) is 9. The number of halogens is 3. The number of amides is 1. The van der Waals surface area contributed by atoms with Gasteiger partial charge < -0.3 is 24.4 Å². The molecular formula is C27H23ClF2N6O4. The molecule has 206 valence electrons. The van der Waals surface area contributed by atoms with Crippen LogP contribution in [0.2, 0.25) is 5.02 Å². The number of ether oxygens (including phenoxy) is 2. The van der Waals surface area contributed by atoms with Crippen molar-refractivity contribution in [2.75, 3.05) is 38.2 Å². The SMILES string of the molecule is C=CC(=O)N1CCN(c2nc(OCc3cnc(OC)nc3)nc3c(F)c(-c4c(O)cccc4F)c(Cl)cc23)CC1. The predicted molar refractivity (Wildman–Crippen MR) is 143 cm³/mol. The minimum atomic E-state index is -0.954. The summed E-state index contributed by atoms with van der Waals surface area (Å²) in [5.74, 6) is -2.16. The number of piperazine rings is 1. The zero-order chi connectivity index (χ0) is 28.4. The van der Waals surface area contributed by atoms with Gasteiger partial charge in [-0.2, -0.15) is 9.97 Å². The van der Waals surface area contributed by atoms with Crippen LogP contribution in [-0.2, 0) is 11.4 Å². The zero-order valence-corrected chi connectivity index (χ0v) is 22.0. The minimum absolute atomic E-state index is 0.0350. The first kappa shape index (κ1) is 27.0. The molecule has 4 aromatic rings. The quantitative estimate of drug-likeness (QED) is 0.328. The highest BCUT2D eigenvalue weighted by molar-refractivity contribution is 6.34. The Morgan fingerprint density at radius 1 is 1.12 bits per heavy atom. The van der Waals surface area contributed by atoms with Crippen molar-refractivity contribution in [1.29, 1.82) is 0 Å². The van der Waals surface area contributed by atoms with Crippen LogP contribution < -0.4 is 14.4 Å². The molecule has 2 aromatic heterocycles. The monoisotopic (exact) mass is 568 g/mol. The van der Waals surface area contributed by atoms with Crippen LogP contribution >= 0.6 is 11.6 Å². The molecule has 0 radical (unpaired) electrons. The number of aromatic hydroxyl groups is 1. The Balaban J connectivity index is 1.59. The van der Waals surface area contributed by atoms with Gasteiger partial charge in [0.05, 0.1) is 17.7 Å². The third-order valence-corrected chi connectivity index (χ3v) is 6.68. The first-order valence-corrected chi connectivity index (χ1v) is 12.5. The van der Waals surface area contributed by atoms with Crippen molar-refractivity contribution in [1.82, 2.24) is 24.8 Å². The Labute approximate surface area is 232 Å². The van der Waals surface area contributed by atoms with Gasteiger partial charge in [-0.15, -0.1) is 0 Å². The number of benzene rings is 2. The molecule has 0 aliphatic carbocycles. The number of phenolic OH excluding ortho intramolecular Hbond substituents is 1. The van der Waals surface area contributed by atoms with Crippen LogP contribution in [0.3, 0.4) is 0 Å². The van der Waals surface area contributed by atoms with Crippen LogP contribution in [0.15, 0.2) is 49.3 Å². The maximum Gasteiger partial charge on any atom is 0.319 e. The molecule has 0 spiro atoms. The lowest BCUT2D eigenvalue weighted by Gasteiger charge is -2.35. The highest BCUT2D eigenvalue weighted by Gasteiger charge is 2.27. The Morgan fingerprint density at radius 2 is 1.85 bits per heavy atom. The predicted octanol–water partition coefficient (Wildman–Crippen LogP) is 4.15. The number of phenols is 1. The van der Waals surface area contributed by atoms with E-state index in [1.807, 2.05) is 4.90 Å². The number of hydrogen-bond donors (Lipinski definition) is 1. The summed E-state index contributed by atoms with van der Waals surface area (Å²) >= 11 is 6.48. The van der Waals surface area contributed by atoms with Gasteiger partial charge in [0, 0.05) is 55.1 Å². The average Bonchev–Trinajstić information content (AvgIpc) is 2.97. The summed E-state index contributed by atoms with van der Waals surface area (Å²) in [6.45, 7) is 5.02. The molecule has 1 aliphatic rings. The number of rotatable bonds is 7. The molecule has 1 aliphatic heterocycles. The van der Waals surface area contributed by atoms with Crippen molar-refractivity contribution in [3.05, 3.63) is 71.5 Å². The molecule has 1 fully saturated rings. The Hall–Kier alpha value is -4.58. The van der Waals surface area contributed by atoms with Crippen molar-refractivity contribution in [2.45, 2.75) is 6.61 Å². The van der Waals surface area contributed by atoms with Crippen LogP contribution in [0.1, 0.15) is 5.56 Å². The minimum Gasteiger partial charge on any atom is -0.507 e. The van der Waals surface area contributed by atoms with E-state index >= 15 is 4.39 Å². The maximum absolute atomic E-state index is 16.1. The van der Waals surface area contributed by atoms with Crippen molar-refractivity contribution < 1.29 is 28.2 Å². The van der Waals surface area contributed by atoms with Gasteiger partial charge in [-0.05, 0) is 24.3 Å². The third kappa shape index (κ3) is 5.17. The lowest BCUT2D eigenvalue weighted by atomic mass is 10.0. The molecule has 1 saturated heterocycles. The van der Waals surface area contributed by atoms with E-state index in [0.717, 1.165) is 6.07 Å². The first-order valence-electron chi connectivity index (χ1n) is 12.1. The molecule has 10 nitrogen and oxygen atoms in total. The van der Waals surface area contributed by atoms with Crippen molar-refractivity contribution in [2.24, 2.45) is 0 Å². The van der Waals surface area contributed by atoms with E-state index in [1.54, 1.807) is 4.90 Å². The van der Waals surface area contributed by atoms with E-state index in [4.69, 9.17) is 21.1 Å². The number of methoxy groups -OCH3 is 1. The lowest BCUT2D eigenvalue weighted by Crippen LogP contribution is -2.48. The molecule has 40 heavy (non-hydrogen) atoms. The second-order valence-corrected chi connectivity index (χ2v) is 9.20. The van der Waals surface area contributed by atoms with E-state index in [9.17, 15) is 14.3 Å². The number of anilines is 1. The first-order chi connectivity index (χ1) is 19.3. The highest BCUT2D eigenvalue weighted by atomic mass is 35.5. The third-order valence-electron chi connectivity index (χ3n) is 6.38. The van der Waals surface area contributed by atoms with Crippen molar-refractivity contribution >= 4 is 34.2 Å². The largest absolute Gasteiger partial charge is 0.507 e. The summed E-state index contributed by atoms with van der Waals surface area (Å²) in [5.41, 5.74) is -0.333. The number of carbonyl (C=O) groups is 1. The van der Waals surface area contributed by atoms with Crippen molar-refractivity contribution in [3.8, 4) is 28.9 Å². The fraction of sp³-hybridized carbons (Fsp3) is 0.222. The number of aromatic nitrogens is 4. The molecule has 13 heteroatoms. The fourth-order valence-electron chi connectivity index (χ4n) is 4.39. The van der Waals surface area contributed by atoms with Crippen LogP contribution in [0.25, 0.3) is 22.0 Å². The molecule has 0 unspecified atom stereocenters. The van der Waals surface area contributed by atoms with Crippen LogP contribution in [-0.4, -0.2) is 69.1 Å². The maximum atomic E-state index is 16.1. The smallest absolute Gasteiger partial charge is 0.319 e. The van der Waals surface area contributed by atoms with Gasteiger partial charge in [0.15, 0.2) is 5.82 Å². The highest BCUT2D eigenvalue weighted by Crippen LogP contribution is 2.42. The second-order valence-electron chi connectivity index (χ2n) is 8.79. The molecule has 3 heterocycles. The second kappa shape index (κ2) is 11.3. The summed E-state index contributed by atoms with van der Waals surface area (Å²) < 4.78 is 41.6. The molecule has 1 amide bonds. The van der Waals surface area contributed by atoms with Crippen LogP contribution in [0.4, 0.5) is 14.6 Å². The van der Waals surface area contributed by atoms with E-state index in [1.165, 1.54) is 43.8 Å². The van der Waals surface area contributed by atoms with Gasteiger partial charge in [-0.25, -0.2) is 18.7 Å². The molecule has 5 rings (SSSR count). The molecule has 1 N–H and O–H groups in total. The number of carbonyl (C=O) groups excluding carboxylic acids is 1. The Morgan fingerprint density at radius 3 is 2.50 bits per heavy atom. The number of nitrogens with zero attached hydrogens (tertiary/aromatic N) is 6. The average molecular weight is 569 g/mol. The van der Waals surface area contributed by atoms with Gasteiger partial charge in [0.25, 0.3) is 0 Å². The normalized spacial score (nSPS) is 13.4. The van der Waals surface area contributed by atoms with Gasteiger partial charge in [0.2, 0.25) is 5.91 Å². The Kier molecular flexibility index (Phi) is 7.60. The van der Waals surface area contributed by atoms with E-state index in [0.29, 0.717) is 37.6 Å². The zero-order valence-electron chi connectivity index (χ0n) is 21.3. The molecule has 0 bridgehead atoms. The van der Waals surface area contributed by atoms with Gasteiger partial charge in [-0.3, -0.25) is 4.79 Å². The Bertz CT molecular complexity index is 1580. The lowest BCUT2D eigenvalue weighted by molar-refractivity contribution is -0.126. The summed E-state index contributed by atoms with van der Waals surface area (Å²) in [6.07, 6.45) is 4.26. The number of fused-ring (bicyclic) bond motifs is 1. The van der Waals surface area contributed by atoms with E-state index in [-0.39, 0.29) is 51.6 Å². The molecule has 2 aromatic carbocycles. The molecule has 0 atom stereocenters. The topological polar surface area (TPSA) is 114 Å². The summed E-state index contributed by atoms with van der Waals surface area (Å²) in [5, 5.41) is 10.4. The molecule has 0 saturated carbocycles. The van der Waals surface area contributed by atoms with E-state index in [2.05, 4.69) is 26.5 Å². The van der Waals surface area contributed by atoms with Gasteiger partial charge in [0.1, 0.15) is 29.5 Å². The van der Waals surface area contributed by atoms with Gasteiger partial charge >= 0.3 is 12.0 Å².